The van der Waals surface area contributed by atoms with Crippen molar-refractivity contribution < 1.29 is 4.74 Å². The maximum atomic E-state index is 6.36. The number of halogens is 1. The molecule has 0 aliphatic carbocycles. The number of ether oxygens (including phenoxy) is 1. The van der Waals surface area contributed by atoms with E-state index in [9.17, 15) is 0 Å². The second-order valence-corrected chi connectivity index (χ2v) is 5.67. The van der Waals surface area contributed by atoms with Gasteiger partial charge in [0.25, 0.3) is 0 Å². The van der Waals surface area contributed by atoms with E-state index in [1.807, 2.05) is 25.7 Å². The van der Waals surface area contributed by atoms with E-state index in [1.165, 1.54) is 0 Å². The zero-order valence-corrected chi connectivity index (χ0v) is 12.2. The minimum Gasteiger partial charge on any atom is -0.381 e. The van der Waals surface area contributed by atoms with Crippen molar-refractivity contribution in [2.24, 2.45) is 12.5 Å². The van der Waals surface area contributed by atoms with Crippen LogP contribution < -0.4 is 5.32 Å². The topological polar surface area (TPSA) is 39.1 Å². The zero-order chi connectivity index (χ0) is 13.2. The molecule has 0 amide bonds. The highest BCUT2D eigenvalue weighted by Gasteiger charge is 2.34. The average Bonchev–Trinajstić information content (AvgIpc) is 2.58. The summed E-state index contributed by atoms with van der Waals surface area (Å²) in [5, 5.41) is 8.54. The SMILES string of the molecule is CNCC1(Cc2c(Cl)c(C)nn2C)CCOCC1. The van der Waals surface area contributed by atoms with Gasteiger partial charge in [-0.25, -0.2) is 0 Å². The van der Waals surface area contributed by atoms with Gasteiger partial charge in [0, 0.05) is 26.8 Å². The molecular formula is C13H22ClN3O. The molecule has 0 saturated carbocycles. The Bertz CT molecular complexity index is 405. The van der Waals surface area contributed by atoms with Crippen LogP contribution in [0.1, 0.15) is 24.2 Å². The molecule has 0 radical (unpaired) electrons. The number of hydrogen-bond donors (Lipinski definition) is 1. The van der Waals surface area contributed by atoms with Crippen molar-refractivity contribution in [2.75, 3.05) is 26.8 Å². The van der Waals surface area contributed by atoms with Crippen LogP contribution >= 0.6 is 11.6 Å². The van der Waals surface area contributed by atoms with Crippen LogP contribution in [0.2, 0.25) is 5.02 Å². The fourth-order valence-corrected chi connectivity index (χ4v) is 3.05. The predicted octanol–water partition coefficient (Wildman–Crippen LogP) is 1.94. The summed E-state index contributed by atoms with van der Waals surface area (Å²) in [4.78, 5) is 0. The average molecular weight is 272 g/mol. The second kappa shape index (κ2) is 5.59. The quantitative estimate of drug-likeness (QED) is 0.910. The molecule has 0 spiro atoms. The van der Waals surface area contributed by atoms with Crippen molar-refractivity contribution >= 4 is 11.6 Å². The Hall–Kier alpha value is -0.580. The van der Waals surface area contributed by atoms with E-state index in [-0.39, 0.29) is 5.41 Å². The zero-order valence-electron chi connectivity index (χ0n) is 11.4. The Morgan fingerprint density at radius 2 is 2.11 bits per heavy atom. The van der Waals surface area contributed by atoms with Crippen LogP contribution in [0.4, 0.5) is 0 Å². The van der Waals surface area contributed by atoms with Gasteiger partial charge < -0.3 is 10.1 Å². The summed E-state index contributed by atoms with van der Waals surface area (Å²) in [5.41, 5.74) is 2.31. The van der Waals surface area contributed by atoms with Crippen molar-refractivity contribution in [1.29, 1.82) is 0 Å². The molecule has 1 aromatic heterocycles. The molecule has 4 nitrogen and oxygen atoms in total. The molecule has 2 heterocycles. The van der Waals surface area contributed by atoms with Crippen molar-refractivity contribution in [3.63, 3.8) is 0 Å². The fraction of sp³-hybridized carbons (Fsp3) is 0.769. The second-order valence-electron chi connectivity index (χ2n) is 5.29. The number of aromatic nitrogens is 2. The first-order valence-corrected chi connectivity index (χ1v) is 6.86. The van der Waals surface area contributed by atoms with Crippen molar-refractivity contribution in [3.05, 3.63) is 16.4 Å². The van der Waals surface area contributed by atoms with Gasteiger partial charge in [0.2, 0.25) is 0 Å². The summed E-state index contributed by atoms with van der Waals surface area (Å²) in [6.45, 7) is 4.64. The van der Waals surface area contributed by atoms with E-state index < -0.39 is 0 Å². The van der Waals surface area contributed by atoms with Crippen LogP contribution in [-0.4, -0.2) is 36.6 Å². The molecule has 1 N–H and O–H groups in total. The Kier molecular flexibility index (Phi) is 4.30. The maximum Gasteiger partial charge on any atom is 0.0847 e. The molecule has 2 rings (SSSR count). The third kappa shape index (κ3) is 2.71. The summed E-state index contributed by atoms with van der Waals surface area (Å²) >= 11 is 6.36. The molecule has 1 aliphatic heterocycles. The number of nitrogens with one attached hydrogen (secondary N) is 1. The molecule has 0 bridgehead atoms. The van der Waals surface area contributed by atoms with Gasteiger partial charge in [-0.1, -0.05) is 11.6 Å². The lowest BCUT2D eigenvalue weighted by Gasteiger charge is -2.37. The van der Waals surface area contributed by atoms with Gasteiger partial charge in [-0.3, -0.25) is 4.68 Å². The Balaban J connectivity index is 2.22. The summed E-state index contributed by atoms with van der Waals surface area (Å²) in [7, 11) is 3.98. The van der Waals surface area contributed by atoms with E-state index in [1.54, 1.807) is 0 Å². The lowest BCUT2D eigenvalue weighted by atomic mass is 9.76. The van der Waals surface area contributed by atoms with Crippen LogP contribution in [0.5, 0.6) is 0 Å². The molecule has 18 heavy (non-hydrogen) atoms. The molecule has 5 heteroatoms. The minimum absolute atomic E-state index is 0.247. The smallest absolute Gasteiger partial charge is 0.0847 e. The monoisotopic (exact) mass is 271 g/mol. The van der Waals surface area contributed by atoms with E-state index >= 15 is 0 Å². The number of hydrogen-bond acceptors (Lipinski definition) is 3. The molecular weight excluding hydrogens is 250 g/mol. The Morgan fingerprint density at radius 1 is 1.44 bits per heavy atom. The number of rotatable bonds is 4. The van der Waals surface area contributed by atoms with E-state index in [4.69, 9.17) is 16.3 Å². The van der Waals surface area contributed by atoms with Crippen LogP contribution in [-0.2, 0) is 18.2 Å². The molecule has 1 fully saturated rings. The van der Waals surface area contributed by atoms with E-state index in [2.05, 4.69) is 10.4 Å². The van der Waals surface area contributed by atoms with Crippen LogP contribution in [0.3, 0.4) is 0 Å². The molecule has 1 aliphatic rings. The first-order valence-electron chi connectivity index (χ1n) is 6.48. The van der Waals surface area contributed by atoms with Crippen molar-refractivity contribution in [3.8, 4) is 0 Å². The summed E-state index contributed by atoms with van der Waals surface area (Å²) in [6.07, 6.45) is 3.12. The van der Waals surface area contributed by atoms with E-state index in [0.717, 1.165) is 55.4 Å². The highest BCUT2D eigenvalue weighted by molar-refractivity contribution is 6.31. The molecule has 0 atom stereocenters. The minimum atomic E-state index is 0.247. The molecule has 1 saturated heterocycles. The normalized spacial score (nSPS) is 19.1. The largest absolute Gasteiger partial charge is 0.381 e. The van der Waals surface area contributed by atoms with Crippen LogP contribution in [0.25, 0.3) is 0 Å². The van der Waals surface area contributed by atoms with Crippen LogP contribution in [0.15, 0.2) is 0 Å². The van der Waals surface area contributed by atoms with Crippen molar-refractivity contribution in [1.82, 2.24) is 15.1 Å². The first kappa shape index (κ1) is 13.8. The van der Waals surface area contributed by atoms with Gasteiger partial charge in [0.05, 0.1) is 16.4 Å². The fourth-order valence-electron chi connectivity index (χ4n) is 2.82. The number of aryl methyl sites for hydroxylation is 2. The Labute approximate surface area is 114 Å². The number of nitrogens with zero attached hydrogens (tertiary/aromatic N) is 2. The molecule has 102 valence electrons. The summed E-state index contributed by atoms with van der Waals surface area (Å²) < 4.78 is 7.41. The lowest BCUT2D eigenvalue weighted by Crippen LogP contribution is -2.40. The van der Waals surface area contributed by atoms with Gasteiger partial charge in [-0.05, 0) is 38.6 Å². The van der Waals surface area contributed by atoms with Crippen molar-refractivity contribution in [2.45, 2.75) is 26.2 Å². The van der Waals surface area contributed by atoms with Gasteiger partial charge in [-0.15, -0.1) is 0 Å². The lowest BCUT2D eigenvalue weighted by molar-refractivity contribution is 0.0150. The standard InChI is InChI=1S/C13H22ClN3O/c1-10-12(14)11(17(3)16-10)8-13(9-15-2)4-6-18-7-5-13/h15H,4-9H2,1-3H3. The van der Waals surface area contributed by atoms with Gasteiger partial charge in [0.15, 0.2) is 0 Å². The molecule has 0 unspecified atom stereocenters. The third-order valence-corrected chi connectivity index (χ3v) is 4.40. The maximum absolute atomic E-state index is 6.36. The predicted molar refractivity (Wildman–Crippen MR) is 73.1 cm³/mol. The summed E-state index contributed by atoms with van der Waals surface area (Å²) in [5.74, 6) is 0. The summed E-state index contributed by atoms with van der Waals surface area (Å²) in [6, 6.07) is 0. The first-order chi connectivity index (χ1) is 8.58. The third-order valence-electron chi connectivity index (χ3n) is 3.91. The van der Waals surface area contributed by atoms with Gasteiger partial charge >= 0.3 is 0 Å². The highest BCUT2D eigenvalue weighted by atomic mass is 35.5. The Morgan fingerprint density at radius 3 is 2.61 bits per heavy atom. The molecule has 0 aromatic carbocycles. The highest BCUT2D eigenvalue weighted by Crippen LogP contribution is 2.36. The molecule has 1 aromatic rings. The van der Waals surface area contributed by atoms with Gasteiger partial charge in [0.1, 0.15) is 0 Å². The van der Waals surface area contributed by atoms with Crippen LogP contribution in [0, 0.1) is 12.3 Å². The van der Waals surface area contributed by atoms with Gasteiger partial charge in [-0.2, -0.15) is 5.10 Å². The van der Waals surface area contributed by atoms with E-state index in [0.29, 0.717) is 0 Å².